The number of aromatic nitrogens is 2. The van der Waals surface area contributed by atoms with Gasteiger partial charge in [0.1, 0.15) is 5.75 Å². The molecule has 7 heteroatoms. The lowest BCUT2D eigenvalue weighted by Gasteiger charge is -2.11. The Bertz CT molecular complexity index is 1080. The molecular formula is C19H15ClN2O4. The zero-order valence-corrected chi connectivity index (χ0v) is 14.8. The predicted octanol–water partition coefficient (Wildman–Crippen LogP) is 5.30. The van der Waals surface area contributed by atoms with Crippen molar-refractivity contribution in [3.63, 3.8) is 0 Å². The van der Waals surface area contributed by atoms with Crippen LogP contribution in [0.1, 0.15) is 13.8 Å². The van der Waals surface area contributed by atoms with Gasteiger partial charge in [0, 0.05) is 16.5 Å². The Labute approximate surface area is 154 Å². The Morgan fingerprint density at radius 2 is 2.00 bits per heavy atom. The van der Waals surface area contributed by atoms with E-state index in [4.69, 9.17) is 25.3 Å². The Morgan fingerprint density at radius 1 is 1.15 bits per heavy atom. The predicted molar refractivity (Wildman–Crippen MR) is 97.4 cm³/mol. The van der Waals surface area contributed by atoms with Crippen molar-refractivity contribution in [1.82, 2.24) is 10.1 Å². The van der Waals surface area contributed by atoms with E-state index in [-0.39, 0.29) is 11.9 Å². The molecule has 0 aliphatic heterocycles. The van der Waals surface area contributed by atoms with Gasteiger partial charge in [-0.25, -0.2) is 0 Å². The molecule has 0 fully saturated rings. The second kappa shape index (κ2) is 6.38. The quantitative estimate of drug-likeness (QED) is 0.525. The van der Waals surface area contributed by atoms with Crippen LogP contribution in [0.5, 0.6) is 11.5 Å². The van der Waals surface area contributed by atoms with Crippen molar-refractivity contribution in [1.29, 1.82) is 0 Å². The molecule has 2 heterocycles. The first-order valence-electron chi connectivity index (χ1n) is 8.03. The Balaban J connectivity index is 1.71. The second-order valence-corrected chi connectivity index (χ2v) is 6.44. The molecule has 132 valence electrons. The van der Waals surface area contributed by atoms with E-state index in [1.807, 2.05) is 19.9 Å². The van der Waals surface area contributed by atoms with Crippen molar-refractivity contribution in [3.8, 4) is 34.3 Å². The first-order chi connectivity index (χ1) is 12.5. The average molecular weight is 371 g/mol. The largest absolute Gasteiger partial charge is 0.504 e. The second-order valence-electron chi connectivity index (χ2n) is 6.03. The number of furan rings is 1. The van der Waals surface area contributed by atoms with Gasteiger partial charge in [0.2, 0.25) is 5.82 Å². The van der Waals surface area contributed by atoms with Crippen LogP contribution in [0.3, 0.4) is 0 Å². The number of hydrogen-bond acceptors (Lipinski definition) is 6. The molecule has 1 N–H and O–H groups in total. The van der Waals surface area contributed by atoms with Crippen molar-refractivity contribution in [2.75, 3.05) is 0 Å². The molecule has 0 atom stereocenters. The third kappa shape index (κ3) is 2.88. The summed E-state index contributed by atoms with van der Waals surface area (Å²) in [5.41, 5.74) is 1.77. The fourth-order valence-corrected chi connectivity index (χ4v) is 2.90. The number of halogens is 1. The number of fused-ring (bicyclic) bond motifs is 1. The Hall–Kier alpha value is -2.99. The number of phenols is 1. The van der Waals surface area contributed by atoms with Crippen LogP contribution in [0.2, 0.25) is 5.02 Å². The number of rotatable bonds is 4. The third-order valence-corrected chi connectivity index (χ3v) is 4.10. The van der Waals surface area contributed by atoms with Gasteiger partial charge in [0.05, 0.1) is 17.4 Å². The molecule has 0 saturated heterocycles. The van der Waals surface area contributed by atoms with E-state index in [0.29, 0.717) is 44.6 Å². The van der Waals surface area contributed by atoms with Gasteiger partial charge in [-0.2, -0.15) is 4.98 Å². The fraction of sp³-hybridized carbons (Fsp3) is 0.158. The van der Waals surface area contributed by atoms with Gasteiger partial charge in [-0.05, 0) is 50.2 Å². The van der Waals surface area contributed by atoms with E-state index in [9.17, 15) is 5.11 Å². The lowest BCUT2D eigenvalue weighted by Crippen LogP contribution is -2.05. The third-order valence-electron chi connectivity index (χ3n) is 3.80. The van der Waals surface area contributed by atoms with Crippen LogP contribution in [-0.2, 0) is 0 Å². The zero-order chi connectivity index (χ0) is 18.3. The van der Waals surface area contributed by atoms with Gasteiger partial charge in [-0.3, -0.25) is 0 Å². The molecule has 0 aliphatic carbocycles. The summed E-state index contributed by atoms with van der Waals surface area (Å²) in [6.07, 6.45) is 1.53. The standard InChI is InChI=1S/C19H15ClN2O4/c1-10(2)25-16-6-3-11(9-14(16)20)19-21-18(22-26-19)13-4-5-15(23)17-12(13)7-8-24-17/h3-10,23H,1-2H3. The number of hydrogen-bond donors (Lipinski definition) is 1. The number of ether oxygens (including phenoxy) is 1. The van der Waals surface area contributed by atoms with Crippen molar-refractivity contribution in [2.45, 2.75) is 20.0 Å². The van der Waals surface area contributed by atoms with Gasteiger partial charge in [0.15, 0.2) is 11.3 Å². The lowest BCUT2D eigenvalue weighted by molar-refractivity contribution is 0.242. The van der Waals surface area contributed by atoms with Crippen LogP contribution in [0, 0.1) is 0 Å². The van der Waals surface area contributed by atoms with Crippen LogP contribution in [0.15, 0.2) is 51.6 Å². The minimum absolute atomic E-state index is 0.0280. The summed E-state index contributed by atoms with van der Waals surface area (Å²) in [6.45, 7) is 3.87. The average Bonchev–Trinajstić information content (AvgIpc) is 3.26. The molecule has 0 unspecified atom stereocenters. The molecule has 2 aromatic carbocycles. The molecule has 0 radical (unpaired) electrons. The Morgan fingerprint density at radius 3 is 2.77 bits per heavy atom. The topological polar surface area (TPSA) is 81.5 Å². The molecule has 0 bridgehead atoms. The highest BCUT2D eigenvalue weighted by molar-refractivity contribution is 6.32. The van der Waals surface area contributed by atoms with Gasteiger partial charge in [-0.1, -0.05) is 16.8 Å². The normalized spacial score (nSPS) is 11.4. The van der Waals surface area contributed by atoms with Gasteiger partial charge < -0.3 is 18.8 Å². The van der Waals surface area contributed by atoms with Crippen molar-refractivity contribution in [3.05, 3.63) is 47.7 Å². The molecule has 26 heavy (non-hydrogen) atoms. The van der Waals surface area contributed by atoms with Crippen molar-refractivity contribution < 1.29 is 18.8 Å². The molecular weight excluding hydrogens is 356 g/mol. The number of benzene rings is 2. The van der Waals surface area contributed by atoms with Crippen LogP contribution in [0.25, 0.3) is 33.8 Å². The molecule has 0 saturated carbocycles. The first kappa shape index (κ1) is 16.5. The minimum atomic E-state index is 0.0280. The maximum atomic E-state index is 9.85. The highest BCUT2D eigenvalue weighted by Gasteiger charge is 2.17. The SMILES string of the molecule is CC(C)Oc1ccc(-c2nc(-c3ccc(O)c4occc34)no2)cc1Cl. The number of nitrogens with zero attached hydrogens (tertiary/aromatic N) is 2. The van der Waals surface area contributed by atoms with Crippen molar-refractivity contribution in [2.24, 2.45) is 0 Å². The van der Waals surface area contributed by atoms with Crippen LogP contribution < -0.4 is 4.74 Å². The fourth-order valence-electron chi connectivity index (χ4n) is 2.68. The van der Waals surface area contributed by atoms with Gasteiger partial charge >= 0.3 is 0 Å². The van der Waals surface area contributed by atoms with E-state index in [1.165, 1.54) is 12.3 Å². The highest BCUT2D eigenvalue weighted by atomic mass is 35.5. The molecule has 4 aromatic rings. The summed E-state index contributed by atoms with van der Waals surface area (Å²) >= 11 is 6.27. The van der Waals surface area contributed by atoms with Crippen LogP contribution >= 0.6 is 11.6 Å². The molecule has 0 amide bonds. The summed E-state index contributed by atoms with van der Waals surface area (Å²) in [5, 5.41) is 15.1. The maximum Gasteiger partial charge on any atom is 0.258 e. The maximum absolute atomic E-state index is 9.85. The van der Waals surface area contributed by atoms with E-state index >= 15 is 0 Å². The number of aromatic hydroxyl groups is 1. The van der Waals surface area contributed by atoms with Crippen molar-refractivity contribution >= 4 is 22.6 Å². The zero-order valence-electron chi connectivity index (χ0n) is 14.1. The lowest BCUT2D eigenvalue weighted by atomic mass is 10.1. The van der Waals surface area contributed by atoms with Crippen LogP contribution in [-0.4, -0.2) is 21.4 Å². The summed E-state index contributed by atoms with van der Waals surface area (Å²) in [6, 6.07) is 10.3. The smallest absolute Gasteiger partial charge is 0.258 e. The molecule has 4 rings (SSSR count). The van der Waals surface area contributed by atoms with E-state index < -0.39 is 0 Å². The summed E-state index contributed by atoms with van der Waals surface area (Å²) < 4.78 is 16.3. The summed E-state index contributed by atoms with van der Waals surface area (Å²) in [7, 11) is 0. The summed E-state index contributed by atoms with van der Waals surface area (Å²) in [5.74, 6) is 1.39. The molecule has 0 aliphatic rings. The molecule has 2 aromatic heterocycles. The summed E-state index contributed by atoms with van der Waals surface area (Å²) in [4.78, 5) is 4.44. The van der Waals surface area contributed by atoms with E-state index in [0.717, 1.165) is 0 Å². The highest BCUT2D eigenvalue weighted by Crippen LogP contribution is 2.35. The van der Waals surface area contributed by atoms with Crippen LogP contribution in [0.4, 0.5) is 0 Å². The first-order valence-corrected chi connectivity index (χ1v) is 8.40. The number of phenolic OH excluding ortho intramolecular Hbond substituents is 1. The van der Waals surface area contributed by atoms with E-state index in [1.54, 1.807) is 24.3 Å². The van der Waals surface area contributed by atoms with Gasteiger partial charge in [-0.15, -0.1) is 0 Å². The van der Waals surface area contributed by atoms with Gasteiger partial charge in [0.25, 0.3) is 5.89 Å². The Kier molecular flexibility index (Phi) is 4.05. The van der Waals surface area contributed by atoms with E-state index in [2.05, 4.69) is 10.1 Å². The monoisotopic (exact) mass is 370 g/mol. The minimum Gasteiger partial charge on any atom is -0.504 e. The molecule has 6 nitrogen and oxygen atoms in total. The molecule has 0 spiro atoms.